The lowest BCUT2D eigenvalue weighted by Gasteiger charge is -1.85. The first-order chi connectivity index (χ1) is 4.74. The van der Waals surface area contributed by atoms with Crippen LogP contribution in [0.15, 0.2) is 11.6 Å². The van der Waals surface area contributed by atoms with E-state index in [0.717, 1.165) is 12.8 Å². The second-order valence-electron chi connectivity index (χ2n) is 2.33. The van der Waals surface area contributed by atoms with Gasteiger partial charge in [0.1, 0.15) is 11.6 Å². The molecule has 0 amide bonds. The maximum atomic E-state index is 10.2. The third-order valence-electron chi connectivity index (χ3n) is 1.38. The number of hydrogen-bond donors (Lipinski definition) is 1. The van der Waals surface area contributed by atoms with Crippen LogP contribution in [0.2, 0.25) is 0 Å². The van der Waals surface area contributed by atoms with Crippen molar-refractivity contribution in [2.45, 2.75) is 12.8 Å². The molecule has 0 aliphatic heterocycles. The average Bonchev–Trinajstić information content (AvgIpc) is 2.64. The highest BCUT2D eigenvalue weighted by Crippen LogP contribution is 2.31. The third kappa shape index (κ3) is 1.59. The number of nitrogens with zero attached hydrogens (tertiary/aromatic N) is 1. The van der Waals surface area contributed by atoms with E-state index in [9.17, 15) is 4.79 Å². The van der Waals surface area contributed by atoms with Crippen molar-refractivity contribution in [3.05, 3.63) is 11.6 Å². The molecule has 0 aromatic heterocycles. The van der Waals surface area contributed by atoms with E-state index >= 15 is 0 Å². The Morgan fingerprint density at radius 3 is 2.60 bits per heavy atom. The van der Waals surface area contributed by atoms with E-state index in [1.807, 2.05) is 0 Å². The second kappa shape index (κ2) is 2.53. The Morgan fingerprint density at radius 1 is 1.70 bits per heavy atom. The number of carbonyl (C=O) groups is 1. The van der Waals surface area contributed by atoms with Crippen LogP contribution in [0, 0.1) is 17.2 Å². The van der Waals surface area contributed by atoms with E-state index in [1.165, 1.54) is 6.08 Å². The molecule has 52 valence electrons. The van der Waals surface area contributed by atoms with Gasteiger partial charge in [0.25, 0.3) is 0 Å². The molecule has 0 unspecified atom stereocenters. The molecule has 1 rings (SSSR count). The summed E-state index contributed by atoms with van der Waals surface area (Å²) in [7, 11) is 0. The first-order valence-corrected chi connectivity index (χ1v) is 3.09. The lowest BCUT2D eigenvalue weighted by atomic mass is 10.2. The van der Waals surface area contributed by atoms with Crippen molar-refractivity contribution in [1.29, 1.82) is 5.26 Å². The van der Waals surface area contributed by atoms with Crippen molar-refractivity contribution >= 4 is 5.97 Å². The first kappa shape index (κ1) is 6.81. The fourth-order valence-corrected chi connectivity index (χ4v) is 0.655. The van der Waals surface area contributed by atoms with E-state index in [1.54, 1.807) is 6.07 Å². The second-order valence-corrected chi connectivity index (χ2v) is 2.33. The van der Waals surface area contributed by atoms with Crippen molar-refractivity contribution in [1.82, 2.24) is 0 Å². The fourth-order valence-electron chi connectivity index (χ4n) is 0.655. The molecule has 0 spiro atoms. The molecule has 1 N–H and O–H groups in total. The molecule has 0 heterocycles. The average molecular weight is 137 g/mol. The Morgan fingerprint density at radius 2 is 2.30 bits per heavy atom. The maximum Gasteiger partial charge on any atom is 0.346 e. The third-order valence-corrected chi connectivity index (χ3v) is 1.38. The SMILES string of the molecule is N#C/C(=C/C1CC1)C(=O)O. The van der Waals surface area contributed by atoms with E-state index in [4.69, 9.17) is 10.4 Å². The summed E-state index contributed by atoms with van der Waals surface area (Å²) in [6.07, 6.45) is 3.58. The molecule has 0 aromatic carbocycles. The topological polar surface area (TPSA) is 61.1 Å². The van der Waals surface area contributed by atoms with Crippen molar-refractivity contribution in [3.8, 4) is 6.07 Å². The number of allylic oxidation sites excluding steroid dienone is 1. The zero-order valence-electron chi connectivity index (χ0n) is 5.37. The number of aliphatic carboxylic acids is 1. The van der Waals surface area contributed by atoms with Crippen LogP contribution >= 0.6 is 0 Å². The van der Waals surface area contributed by atoms with E-state index in [2.05, 4.69) is 0 Å². The monoisotopic (exact) mass is 137 g/mol. The molecule has 1 saturated carbocycles. The van der Waals surface area contributed by atoms with Gasteiger partial charge in [0, 0.05) is 0 Å². The molecule has 10 heavy (non-hydrogen) atoms. The summed E-state index contributed by atoms with van der Waals surface area (Å²) in [5.74, 6) is -0.764. The Kier molecular flexibility index (Phi) is 1.72. The van der Waals surface area contributed by atoms with Gasteiger partial charge in [-0.1, -0.05) is 6.08 Å². The number of nitriles is 1. The Bertz CT molecular complexity index is 220. The Hall–Kier alpha value is -1.30. The highest BCUT2D eigenvalue weighted by Gasteiger charge is 2.21. The van der Waals surface area contributed by atoms with Crippen molar-refractivity contribution < 1.29 is 9.90 Å². The molecule has 1 fully saturated rings. The van der Waals surface area contributed by atoms with Crippen LogP contribution in [-0.4, -0.2) is 11.1 Å². The van der Waals surface area contributed by atoms with E-state index in [0.29, 0.717) is 5.92 Å². The van der Waals surface area contributed by atoms with Crippen LogP contribution in [0.5, 0.6) is 0 Å². The van der Waals surface area contributed by atoms with Gasteiger partial charge in [-0.2, -0.15) is 5.26 Å². The van der Waals surface area contributed by atoms with Crippen molar-refractivity contribution in [2.75, 3.05) is 0 Å². The molecule has 3 heteroatoms. The predicted molar refractivity (Wildman–Crippen MR) is 34.1 cm³/mol. The fraction of sp³-hybridized carbons (Fsp3) is 0.429. The normalized spacial score (nSPS) is 18.1. The van der Waals surface area contributed by atoms with Gasteiger partial charge >= 0.3 is 5.97 Å². The molecule has 0 aromatic rings. The zero-order chi connectivity index (χ0) is 7.56. The van der Waals surface area contributed by atoms with Gasteiger partial charge in [0.15, 0.2) is 0 Å². The number of carboxylic acids is 1. The molecular weight excluding hydrogens is 130 g/mol. The lowest BCUT2D eigenvalue weighted by molar-refractivity contribution is -0.132. The number of hydrogen-bond acceptors (Lipinski definition) is 2. The van der Waals surface area contributed by atoms with Crippen LogP contribution in [0.1, 0.15) is 12.8 Å². The standard InChI is InChI=1S/C7H7NO2/c8-4-6(7(9)10)3-5-1-2-5/h3,5H,1-2H2,(H,9,10)/b6-3-. The van der Waals surface area contributed by atoms with Gasteiger partial charge in [-0.05, 0) is 18.8 Å². The highest BCUT2D eigenvalue weighted by molar-refractivity contribution is 5.91. The van der Waals surface area contributed by atoms with Crippen molar-refractivity contribution in [2.24, 2.45) is 5.92 Å². The minimum atomic E-state index is -1.12. The van der Waals surface area contributed by atoms with Gasteiger partial charge in [0.05, 0.1) is 0 Å². The molecule has 1 aliphatic carbocycles. The summed E-state index contributed by atoms with van der Waals surface area (Å²) in [6.45, 7) is 0. The summed E-state index contributed by atoms with van der Waals surface area (Å²) < 4.78 is 0. The largest absolute Gasteiger partial charge is 0.477 e. The number of rotatable bonds is 2. The molecular formula is C7H7NO2. The first-order valence-electron chi connectivity index (χ1n) is 3.09. The molecule has 0 atom stereocenters. The summed E-state index contributed by atoms with van der Waals surface area (Å²) in [4.78, 5) is 10.2. The van der Waals surface area contributed by atoms with Crippen LogP contribution in [0.25, 0.3) is 0 Å². The predicted octanol–water partition coefficient (Wildman–Crippen LogP) is 0.931. The van der Waals surface area contributed by atoms with Gasteiger partial charge in [-0.25, -0.2) is 4.79 Å². The van der Waals surface area contributed by atoms with Crippen LogP contribution in [0.4, 0.5) is 0 Å². The molecule has 3 nitrogen and oxygen atoms in total. The Labute approximate surface area is 58.6 Å². The summed E-state index contributed by atoms with van der Waals surface area (Å²) in [5.41, 5.74) is -0.123. The van der Waals surface area contributed by atoms with Gasteiger partial charge < -0.3 is 5.11 Å². The molecule has 0 bridgehead atoms. The molecule has 1 aliphatic rings. The van der Waals surface area contributed by atoms with Crippen LogP contribution < -0.4 is 0 Å². The van der Waals surface area contributed by atoms with Crippen LogP contribution in [-0.2, 0) is 4.79 Å². The minimum Gasteiger partial charge on any atom is -0.477 e. The quantitative estimate of drug-likeness (QED) is 0.455. The summed E-state index contributed by atoms with van der Waals surface area (Å²) >= 11 is 0. The maximum absolute atomic E-state index is 10.2. The summed E-state index contributed by atoms with van der Waals surface area (Å²) in [5, 5.41) is 16.6. The number of carboxylic acid groups (broad SMARTS) is 1. The van der Waals surface area contributed by atoms with Gasteiger partial charge in [-0.3, -0.25) is 0 Å². The highest BCUT2D eigenvalue weighted by atomic mass is 16.4. The van der Waals surface area contributed by atoms with E-state index in [-0.39, 0.29) is 5.57 Å². The Balaban J connectivity index is 2.64. The smallest absolute Gasteiger partial charge is 0.346 e. The van der Waals surface area contributed by atoms with Crippen LogP contribution in [0.3, 0.4) is 0 Å². The van der Waals surface area contributed by atoms with Gasteiger partial charge in [-0.15, -0.1) is 0 Å². The van der Waals surface area contributed by atoms with Crippen molar-refractivity contribution in [3.63, 3.8) is 0 Å². The molecule has 0 saturated heterocycles. The van der Waals surface area contributed by atoms with Gasteiger partial charge in [0.2, 0.25) is 0 Å². The summed E-state index contributed by atoms with van der Waals surface area (Å²) in [6, 6.07) is 1.63. The van der Waals surface area contributed by atoms with E-state index < -0.39 is 5.97 Å². The zero-order valence-corrected chi connectivity index (χ0v) is 5.37. The minimum absolute atomic E-state index is 0.123. The molecule has 0 radical (unpaired) electrons. The lowest BCUT2D eigenvalue weighted by Crippen LogP contribution is -1.97.